The van der Waals surface area contributed by atoms with E-state index in [0.29, 0.717) is 0 Å². The van der Waals surface area contributed by atoms with Gasteiger partial charge >= 0.3 is 5.97 Å². The van der Waals surface area contributed by atoms with Gasteiger partial charge in [0.2, 0.25) is 0 Å². The van der Waals surface area contributed by atoms with Crippen LogP contribution in [0.25, 0.3) is 0 Å². The van der Waals surface area contributed by atoms with Gasteiger partial charge in [-0.1, -0.05) is 0 Å². The van der Waals surface area contributed by atoms with Crippen LogP contribution in [0.4, 0.5) is 0 Å². The van der Waals surface area contributed by atoms with Crippen LogP contribution in [-0.4, -0.2) is 28.7 Å². The fourth-order valence-electron chi connectivity index (χ4n) is 0.528. The molecule has 0 atom stereocenters. The van der Waals surface area contributed by atoms with E-state index in [1.807, 2.05) is 0 Å². The van der Waals surface area contributed by atoms with Crippen LogP contribution in [0.2, 0.25) is 0 Å². The highest BCUT2D eigenvalue weighted by molar-refractivity contribution is 7.80. The van der Waals surface area contributed by atoms with Crippen LogP contribution in [0.15, 0.2) is 0 Å². The zero-order valence-electron chi connectivity index (χ0n) is 7.82. The maximum absolute atomic E-state index is 10.0. The number of carboxylic acids is 2. The van der Waals surface area contributed by atoms with E-state index in [4.69, 9.17) is 9.84 Å². The van der Waals surface area contributed by atoms with Gasteiger partial charge in [0.1, 0.15) is 0 Å². The summed E-state index contributed by atoms with van der Waals surface area (Å²) in [6, 6.07) is 0. The molecule has 14 heavy (non-hydrogen) atoms. The molecule has 5 N–H and O–H groups in total. The first-order valence-electron chi connectivity index (χ1n) is 3.59. The van der Waals surface area contributed by atoms with Crippen molar-refractivity contribution in [1.82, 2.24) is 6.15 Å². The molecule has 82 valence electrons. The van der Waals surface area contributed by atoms with Crippen LogP contribution < -0.4 is 11.3 Å². The molecule has 0 aliphatic carbocycles. The number of carbonyl (C=O) groups is 2. The molecular weight excluding hydrogens is 210 g/mol. The van der Waals surface area contributed by atoms with E-state index >= 15 is 0 Å². The molecule has 0 aromatic heterocycles. The number of hydrogen-bond acceptors (Lipinski definition) is 5. The average Bonchev–Trinajstić information content (AvgIpc) is 2.00. The minimum Gasteiger partial charge on any atom is -0.550 e. The number of carbonyl (C=O) groups excluding carboxylic acids is 1. The second-order valence-electron chi connectivity index (χ2n) is 2.24. The summed E-state index contributed by atoms with van der Waals surface area (Å²) in [5, 5.41) is 18.3. The monoisotopic (exact) mass is 223 g/mol. The molecule has 0 heterocycles. The van der Waals surface area contributed by atoms with E-state index in [9.17, 15) is 14.7 Å². The Kier molecular flexibility index (Phi) is 9.15. The minimum atomic E-state index is -1.20. The highest BCUT2D eigenvalue weighted by atomic mass is 32.1. The van der Waals surface area contributed by atoms with Gasteiger partial charge in [-0.05, 0) is 18.6 Å². The van der Waals surface area contributed by atoms with Crippen molar-refractivity contribution in [3.05, 3.63) is 0 Å². The number of carboxylic acid groups (broad SMARTS) is 2. The summed E-state index contributed by atoms with van der Waals surface area (Å²) >= 11 is 4.62. The third-order valence-electron chi connectivity index (χ3n) is 1.11. The van der Waals surface area contributed by atoms with Crippen LogP contribution in [0.1, 0.15) is 19.3 Å². The van der Waals surface area contributed by atoms with E-state index < -0.39 is 11.9 Å². The van der Waals surface area contributed by atoms with E-state index in [2.05, 4.69) is 12.2 Å². The van der Waals surface area contributed by atoms with Crippen molar-refractivity contribution in [3.8, 4) is 0 Å². The van der Waals surface area contributed by atoms with Crippen LogP contribution in [0, 0.1) is 0 Å². The third-order valence-corrected chi connectivity index (χ3v) is 1.43. The minimum absolute atomic E-state index is 0. The van der Waals surface area contributed by atoms with Crippen molar-refractivity contribution in [1.29, 1.82) is 0 Å². The average molecular weight is 223 g/mol. The lowest BCUT2D eigenvalue weighted by Gasteiger charge is -2.05. The van der Waals surface area contributed by atoms with Gasteiger partial charge in [-0.3, -0.25) is 4.79 Å². The number of thiocarbonyl (C=S) groups is 1. The quantitative estimate of drug-likeness (QED) is 0.596. The maximum atomic E-state index is 10.0. The van der Waals surface area contributed by atoms with Crippen LogP contribution in [0.3, 0.4) is 0 Å². The lowest BCUT2D eigenvalue weighted by atomic mass is 10.3. The van der Waals surface area contributed by atoms with Gasteiger partial charge in [-0.15, -0.1) is 0 Å². The predicted octanol–water partition coefficient (Wildman–Crippen LogP) is -0.289. The highest BCUT2D eigenvalue weighted by Gasteiger charge is 2.00. The lowest BCUT2D eigenvalue weighted by molar-refractivity contribution is -0.305. The summed E-state index contributed by atoms with van der Waals surface area (Å²) in [5.41, 5.74) is 0. The summed E-state index contributed by atoms with van der Waals surface area (Å²) < 4.78 is 4.76. The zero-order chi connectivity index (χ0) is 10.3. The summed E-state index contributed by atoms with van der Waals surface area (Å²) in [5.74, 6) is -2.19. The smallest absolute Gasteiger partial charge is 0.306 e. The van der Waals surface area contributed by atoms with E-state index in [1.165, 1.54) is 0 Å². The van der Waals surface area contributed by atoms with Crippen LogP contribution in [0.5, 0.6) is 0 Å². The Bertz CT molecular complexity index is 218. The van der Waals surface area contributed by atoms with Crippen molar-refractivity contribution >= 4 is 29.2 Å². The molecule has 0 spiro atoms. The molecule has 0 aromatic carbocycles. The molecule has 0 unspecified atom stereocenters. The van der Waals surface area contributed by atoms with E-state index in [0.717, 1.165) is 0 Å². The maximum Gasteiger partial charge on any atom is 0.306 e. The molecule has 0 aliphatic rings. The molecule has 0 aromatic rings. The number of aliphatic carboxylic acids is 2. The normalized spacial score (nSPS) is 8.57. The second kappa shape index (κ2) is 8.39. The molecule has 0 saturated heterocycles. The SMILES string of the molecule is O=C([O-])CCC(=S)OCCC(=O)O.[NH4+]. The number of ether oxygens (including phenoxy) is 1. The van der Waals surface area contributed by atoms with Gasteiger partial charge < -0.3 is 25.9 Å². The van der Waals surface area contributed by atoms with Crippen LogP contribution in [-0.2, 0) is 14.3 Å². The molecule has 0 fully saturated rings. The first kappa shape index (κ1) is 15.3. The predicted molar refractivity (Wildman–Crippen MR) is 51.0 cm³/mol. The fourth-order valence-corrected chi connectivity index (χ4v) is 0.714. The van der Waals surface area contributed by atoms with E-state index in [-0.39, 0.29) is 37.1 Å². The molecule has 0 radical (unpaired) electrons. The zero-order valence-corrected chi connectivity index (χ0v) is 8.63. The Morgan fingerprint density at radius 2 is 1.86 bits per heavy atom. The molecule has 0 rings (SSSR count). The van der Waals surface area contributed by atoms with Gasteiger partial charge in [-0.2, -0.15) is 0 Å². The highest BCUT2D eigenvalue weighted by Crippen LogP contribution is 1.95. The van der Waals surface area contributed by atoms with Gasteiger partial charge in [0, 0.05) is 12.4 Å². The molecule has 7 heteroatoms. The number of rotatable bonds is 6. The van der Waals surface area contributed by atoms with Crippen LogP contribution >= 0.6 is 12.2 Å². The lowest BCUT2D eigenvalue weighted by Crippen LogP contribution is -2.23. The van der Waals surface area contributed by atoms with Crippen molar-refractivity contribution < 1.29 is 24.5 Å². The Labute approximate surface area is 86.4 Å². The molecule has 6 nitrogen and oxygen atoms in total. The standard InChI is InChI=1S/C7H10O5S.H3N/c8-5(9)1-2-7(13)12-4-3-6(10)11;/h1-4H2,(H,8,9)(H,10,11);1H3. The number of hydrogen-bond donors (Lipinski definition) is 2. The summed E-state index contributed by atoms with van der Waals surface area (Å²) in [4.78, 5) is 20.0. The first-order chi connectivity index (χ1) is 6.02. The largest absolute Gasteiger partial charge is 0.550 e. The fraction of sp³-hybridized carbons (Fsp3) is 0.571. The third kappa shape index (κ3) is 10.8. The summed E-state index contributed by atoms with van der Waals surface area (Å²) in [6.07, 6.45) is -0.269. The van der Waals surface area contributed by atoms with Gasteiger partial charge in [0.05, 0.1) is 13.0 Å². The second-order valence-corrected chi connectivity index (χ2v) is 2.69. The Morgan fingerprint density at radius 1 is 1.29 bits per heavy atom. The molecule has 0 aliphatic heterocycles. The molecule has 0 bridgehead atoms. The Hall–Kier alpha value is -1.21. The number of quaternary nitrogens is 1. The Balaban J connectivity index is 0. The van der Waals surface area contributed by atoms with Crippen molar-refractivity contribution in [2.24, 2.45) is 0 Å². The van der Waals surface area contributed by atoms with Crippen molar-refractivity contribution in [2.45, 2.75) is 19.3 Å². The summed E-state index contributed by atoms with van der Waals surface area (Å²) in [6.45, 7) is -0.0266. The summed E-state index contributed by atoms with van der Waals surface area (Å²) in [7, 11) is 0. The van der Waals surface area contributed by atoms with E-state index in [1.54, 1.807) is 0 Å². The first-order valence-corrected chi connectivity index (χ1v) is 4.00. The topological polar surface area (TPSA) is 123 Å². The van der Waals surface area contributed by atoms with Crippen molar-refractivity contribution in [3.63, 3.8) is 0 Å². The van der Waals surface area contributed by atoms with Gasteiger partial charge in [-0.25, -0.2) is 0 Å². The molecule has 0 saturated carbocycles. The molecule has 0 amide bonds. The van der Waals surface area contributed by atoms with Gasteiger partial charge in [0.25, 0.3) is 0 Å². The van der Waals surface area contributed by atoms with Gasteiger partial charge in [0.15, 0.2) is 5.05 Å². The van der Waals surface area contributed by atoms with Crippen molar-refractivity contribution in [2.75, 3.05) is 6.61 Å². The Morgan fingerprint density at radius 3 is 2.29 bits per heavy atom. The molecular formula is C7H13NO5S.